The monoisotopic (exact) mass is 278 g/mol. The van der Waals surface area contributed by atoms with Gasteiger partial charge in [-0.05, 0) is 0 Å². The second-order valence-electron chi connectivity index (χ2n) is 4.89. The Kier molecular flexibility index (Phi) is 2.80. The molecule has 5 N–H and O–H groups in total. The van der Waals surface area contributed by atoms with Crippen LogP contribution >= 0.6 is 0 Å². The maximum atomic E-state index is 12.1. The number of carbonyl (C=O) groups is 1. The van der Waals surface area contributed by atoms with Gasteiger partial charge < -0.3 is 25.8 Å². The van der Waals surface area contributed by atoms with Crippen molar-refractivity contribution in [2.45, 2.75) is 18.0 Å². The Morgan fingerprint density at radius 2 is 2.15 bits per heavy atom. The summed E-state index contributed by atoms with van der Waals surface area (Å²) in [5, 5.41) is 21.3. The quantitative estimate of drug-likeness (QED) is 0.519. The number of nitrogens with two attached hydrogens (primary N) is 1. The van der Waals surface area contributed by atoms with Crippen molar-refractivity contribution < 1.29 is 15.0 Å². The van der Waals surface area contributed by atoms with Crippen molar-refractivity contribution in [3.05, 3.63) is 12.7 Å². The minimum absolute atomic E-state index is 0.239. The lowest BCUT2D eigenvalue weighted by atomic mass is 9.98. The van der Waals surface area contributed by atoms with Crippen LogP contribution in [-0.4, -0.2) is 54.4 Å². The van der Waals surface area contributed by atoms with Crippen molar-refractivity contribution in [1.29, 1.82) is 0 Å². The molecule has 1 amide bonds. The molecule has 9 nitrogen and oxygen atoms in total. The summed E-state index contributed by atoms with van der Waals surface area (Å²) in [5.41, 5.74) is 5.55. The number of amides is 1. The Morgan fingerprint density at radius 1 is 1.40 bits per heavy atom. The highest BCUT2D eigenvalue weighted by molar-refractivity contribution is 5.87. The van der Waals surface area contributed by atoms with E-state index in [4.69, 9.17) is 5.73 Å². The number of fused-ring (bicyclic) bond motifs is 1. The van der Waals surface area contributed by atoms with Gasteiger partial charge in [0.25, 0.3) is 0 Å². The van der Waals surface area contributed by atoms with Crippen LogP contribution in [0.2, 0.25) is 0 Å². The number of anilines is 1. The topological polar surface area (TPSA) is 139 Å². The van der Waals surface area contributed by atoms with Gasteiger partial charge >= 0.3 is 0 Å². The third-order valence-corrected chi connectivity index (χ3v) is 3.60. The molecule has 1 atom stereocenters. The molecule has 3 rings (SSSR count). The fraction of sp³-hybridized carbons (Fsp3) is 0.455. The molecule has 1 fully saturated rings. The zero-order valence-corrected chi connectivity index (χ0v) is 10.5. The molecule has 9 heteroatoms. The highest BCUT2D eigenvalue weighted by atomic mass is 16.3. The fourth-order valence-corrected chi connectivity index (χ4v) is 2.44. The van der Waals surface area contributed by atoms with E-state index in [9.17, 15) is 15.0 Å². The van der Waals surface area contributed by atoms with Crippen molar-refractivity contribution in [3.63, 3.8) is 0 Å². The summed E-state index contributed by atoms with van der Waals surface area (Å²) in [6.07, 6.45) is 3.01. The van der Waals surface area contributed by atoms with E-state index in [1.165, 1.54) is 12.7 Å². The number of hydrogen-bond acceptors (Lipinski definition) is 7. The van der Waals surface area contributed by atoms with Gasteiger partial charge in [-0.3, -0.25) is 4.79 Å². The molecule has 0 saturated carbocycles. The Balaban J connectivity index is 2.04. The Bertz CT molecular complexity index is 665. The van der Waals surface area contributed by atoms with E-state index in [1.807, 2.05) is 0 Å². The van der Waals surface area contributed by atoms with Crippen LogP contribution in [0.5, 0.6) is 0 Å². The lowest BCUT2D eigenvalue weighted by molar-refractivity contribution is -0.122. The highest BCUT2D eigenvalue weighted by Gasteiger charge is 2.44. The number of carbonyl (C=O) groups excluding carboxylic acids is 1. The molecular weight excluding hydrogens is 264 g/mol. The van der Waals surface area contributed by atoms with Crippen LogP contribution in [0.25, 0.3) is 11.2 Å². The second-order valence-corrected chi connectivity index (χ2v) is 4.89. The minimum atomic E-state index is -1.02. The summed E-state index contributed by atoms with van der Waals surface area (Å²) in [5.74, 6) is -0.0627. The van der Waals surface area contributed by atoms with E-state index in [0.29, 0.717) is 11.2 Å². The smallest absolute Gasteiger partial charge is 0.243 e. The van der Waals surface area contributed by atoms with Crippen molar-refractivity contribution in [3.8, 4) is 0 Å². The summed E-state index contributed by atoms with van der Waals surface area (Å²) in [4.78, 5) is 24.1. The predicted molar refractivity (Wildman–Crippen MR) is 68.4 cm³/mol. The van der Waals surface area contributed by atoms with Gasteiger partial charge in [0.2, 0.25) is 5.91 Å². The van der Waals surface area contributed by atoms with E-state index in [2.05, 4.69) is 20.3 Å². The van der Waals surface area contributed by atoms with Gasteiger partial charge in [0, 0.05) is 6.42 Å². The van der Waals surface area contributed by atoms with Gasteiger partial charge in [-0.2, -0.15) is 0 Å². The average molecular weight is 278 g/mol. The molecule has 1 aliphatic rings. The first-order valence-corrected chi connectivity index (χ1v) is 6.07. The third-order valence-electron chi connectivity index (χ3n) is 3.60. The molecule has 0 aliphatic carbocycles. The van der Waals surface area contributed by atoms with Crippen LogP contribution in [0, 0.1) is 0 Å². The molecule has 0 unspecified atom stereocenters. The molecule has 2 aromatic heterocycles. The SMILES string of the molecule is Nc1ncnc2c1ncn2[C@H]1CC(CO)(CO)NC1=O. The fourth-order valence-electron chi connectivity index (χ4n) is 2.44. The highest BCUT2D eigenvalue weighted by Crippen LogP contribution is 2.31. The number of nitrogens with one attached hydrogen (secondary N) is 1. The van der Waals surface area contributed by atoms with E-state index in [-0.39, 0.29) is 31.4 Å². The lowest BCUT2D eigenvalue weighted by Crippen LogP contribution is -2.48. The van der Waals surface area contributed by atoms with Crippen molar-refractivity contribution >= 4 is 22.9 Å². The van der Waals surface area contributed by atoms with Crippen molar-refractivity contribution in [2.24, 2.45) is 0 Å². The van der Waals surface area contributed by atoms with Gasteiger partial charge in [0.05, 0.1) is 25.1 Å². The third kappa shape index (κ3) is 1.71. The summed E-state index contributed by atoms with van der Waals surface area (Å²) < 4.78 is 1.58. The first-order valence-electron chi connectivity index (χ1n) is 6.07. The number of nitrogen functional groups attached to an aromatic ring is 1. The number of nitrogens with zero attached hydrogens (tertiary/aromatic N) is 4. The zero-order chi connectivity index (χ0) is 14.3. The van der Waals surface area contributed by atoms with Crippen molar-refractivity contribution in [2.75, 3.05) is 18.9 Å². The zero-order valence-electron chi connectivity index (χ0n) is 10.5. The molecule has 106 valence electrons. The molecule has 0 radical (unpaired) electrons. The summed E-state index contributed by atoms with van der Waals surface area (Å²) in [6, 6.07) is -0.603. The Hall–Kier alpha value is -2.26. The minimum Gasteiger partial charge on any atom is -0.394 e. The molecule has 1 saturated heterocycles. The van der Waals surface area contributed by atoms with Crippen LogP contribution in [-0.2, 0) is 4.79 Å². The normalized spacial score (nSPS) is 21.3. The summed E-state index contributed by atoms with van der Waals surface area (Å²) in [7, 11) is 0. The molecular formula is C11H14N6O3. The molecule has 1 aliphatic heterocycles. The van der Waals surface area contributed by atoms with Crippen molar-refractivity contribution in [1.82, 2.24) is 24.8 Å². The van der Waals surface area contributed by atoms with Crippen LogP contribution in [0.1, 0.15) is 12.5 Å². The molecule has 0 bridgehead atoms. The number of aromatic nitrogens is 4. The van der Waals surface area contributed by atoms with Gasteiger partial charge in [-0.15, -0.1) is 0 Å². The van der Waals surface area contributed by atoms with E-state index in [1.54, 1.807) is 4.57 Å². The largest absolute Gasteiger partial charge is 0.394 e. The first-order chi connectivity index (χ1) is 9.60. The standard InChI is InChI=1S/C11H14N6O3/c12-8-7-9(14-4-13-8)17(5-15-7)6-1-11(2-18,3-19)16-10(6)20/h4-6,18-19H,1-3H2,(H,16,20)(H2,12,13,14)/t6-/m0/s1. The number of rotatable bonds is 3. The van der Waals surface area contributed by atoms with Gasteiger partial charge in [-0.25, -0.2) is 15.0 Å². The van der Waals surface area contributed by atoms with Gasteiger partial charge in [0.15, 0.2) is 11.5 Å². The Morgan fingerprint density at radius 3 is 2.80 bits per heavy atom. The van der Waals surface area contributed by atoms with E-state index < -0.39 is 11.6 Å². The van der Waals surface area contributed by atoms with Crippen LogP contribution in [0.15, 0.2) is 12.7 Å². The summed E-state index contributed by atoms with van der Waals surface area (Å²) in [6.45, 7) is -0.676. The second kappa shape index (κ2) is 4.39. The van der Waals surface area contributed by atoms with Gasteiger partial charge in [-0.1, -0.05) is 0 Å². The Labute approximate surface area is 113 Å². The summed E-state index contributed by atoms with van der Waals surface area (Å²) >= 11 is 0. The number of aliphatic hydroxyl groups is 2. The molecule has 20 heavy (non-hydrogen) atoms. The first kappa shape index (κ1) is 12.8. The van der Waals surface area contributed by atoms with E-state index >= 15 is 0 Å². The van der Waals surface area contributed by atoms with Crippen LogP contribution in [0.4, 0.5) is 5.82 Å². The number of imidazole rings is 1. The molecule has 0 spiro atoms. The maximum absolute atomic E-state index is 12.1. The number of aliphatic hydroxyl groups excluding tert-OH is 2. The maximum Gasteiger partial charge on any atom is 0.243 e. The lowest BCUT2D eigenvalue weighted by Gasteiger charge is -2.23. The average Bonchev–Trinajstić information content (AvgIpc) is 3.01. The van der Waals surface area contributed by atoms with Crippen LogP contribution < -0.4 is 11.1 Å². The molecule has 3 heterocycles. The molecule has 2 aromatic rings. The van der Waals surface area contributed by atoms with Gasteiger partial charge in [0.1, 0.15) is 17.9 Å². The molecule has 0 aromatic carbocycles. The predicted octanol–water partition coefficient (Wildman–Crippen LogP) is -1.81. The van der Waals surface area contributed by atoms with E-state index in [0.717, 1.165) is 0 Å². The number of hydrogen-bond donors (Lipinski definition) is 4. The van der Waals surface area contributed by atoms with Crippen LogP contribution in [0.3, 0.4) is 0 Å².